The van der Waals surface area contributed by atoms with Gasteiger partial charge in [-0.1, -0.05) is 18.2 Å². The summed E-state index contributed by atoms with van der Waals surface area (Å²) in [6.07, 6.45) is 1.64. The highest BCUT2D eigenvalue weighted by molar-refractivity contribution is 5.98. The molecule has 0 radical (unpaired) electrons. The van der Waals surface area contributed by atoms with Crippen LogP contribution in [0.2, 0.25) is 0 Å². The maximum atomic E-state index is 12.5. The molecule has 0 unspecified atom stereocenters. The molecular weight excluding hydrogens is 332 g/mol. The van der Waals surface area contributed by atoms with Gasteiger partial charge in [-0.2, -0.15) is 5.26 Å². The second kappa shape index (κ2) is 6.99. The summed E-state index contributed by atoms with van der Waals surface area (Å²) in [6.45, 7) is 0.00610. The number of carbonyl (C=O) groups excluding carboxylic acids is 2. The van der Waals surface area contributed by atoms with Gasteiger partial charge < -0.3 is 20.4 Å². The van der Waals surface area contributed by atoms with Crippen LogP contribution in [0.1, 0.15) is 15.9 Å². The number of primary amides is 1. The molecule has 2 amide bonds. The van der Waals surface area contributed by atoms with Crippen molar-refractivity contribution in [1.29, 1.82) is 5.26 Å². The largest absolute Gasteiger partial charge is 0.495 e. The molecule has 1 aromatic heterocycles. The van der Waals surface area contributed by atoms with Gasteiger partial charge in [-0.05, 0) is 24.3 Å². The monoisotopic (exact) mass is 348 g/mol. The van der Waals surface area contributed by atoms with Crippen LogP contribution in [-0.2, 0) is 11.3 Å². The maximum Gasteiger partial charge on any atom is 0.248 e. The maximum absolute atomic E-state index is 12.5. The lowest BCUT2D eigenvalue weighted by molar-refractivity contribution is -0.116. The van der Waals surface area contributed by atoms with E-state index in [-0.39, 0.29) is 18.0 Å². The molecule has 0 bridgehead atoms. The Kier molecular flexibility index (Phi) is 4.58. The summed E-state index contributed by atoms with van der Waals surface area (Å²) in [5.74, 6) is -0.508. The van der Waals surface area contributed by atoms with Crippen LogP contribution in [0.5, 0.6) is 5.75 Å². The number of hydrogen-bond acceptors (Lipinski definition) is 4. The third kappa shape index (κ3) is 3.21. The molecule has 7 heteroatoms. The SMILES string of the molecule is COc1ccc(C(N)=O)cc1NC(=O)Cn1cc(C#N)c2ccccc21. The van der Waals surface area contributed by atoms with Crippen LogP contribution < -0.4 is 15.8 Å². The Labute approximate surface area is 149 Å². The van der Waals surface area contributed by atoms with Gasteiger partial charge in [-0.25, -0.2) is 0 Å². The fourth-order valence-corrected chi connectivity index (χ4v) is 2.77. The van der Waals surface area contributed by atoms with E-state index in [2.05, 4.69) is 11.4 Å². The molecule has 1 heterocycles. The van der Waals surface area contributed by atoms with Gasteiger partial charge in [0.25, 0.3) is 0 Å². The highest BCUT2D eigenvalue weighted by atomic mass is 16.5. The van der Waals surface area contributed by atoms with Crippen LogP contribution in [0.25, 0.3) is 10.9 Å². The first-order valence-corrected chi connectivity index (χ1v) is 7.79. The van der Waals surface area contributed by atoms with Crippen molar-refractivity contribution in [3.63, 3.8) is 0 Å². The van der Waals surface area contributed by atoms with Gasteiger partial charge in [0.1, 0.15) is 18.4 Å². The first kappa shape index (κ1) is 17.0. The van der Waals surface area contributed by atoms with Crippen LogP contribution in [0.15, 0.2) is 48.7 Å². The summed E-state index contributed by atoms with van der Waals surface area (Å²) in [5, 5.41) is 12.8. The molecule has 7 nitrogen and oxygen atoms in total. The van der Waals surface area contributed by atoms with E-state index in [0.29, 0.717) is 17.0 Å². The predicted octanol–water partition coefficient (Wildman–Crippen LogP) is 2.26. The van der Waals surface area contributed by atoms with E-state index in [0.717, 1.165) is 10.9 Å². The second-order valence-electron chi connectivity index (χ2n) is 5.63. The number of aromatic nitrogens is 1. The topological polar surface area (TPSA) is 110 Å². The molecular formula is C19H16N4O3. The van der Waals surface area contributed by atoms with Crippen LogP contribution in [-0.4, -0.2) is 23.5 Å². The van der Waals surface area contributed by atoms with Gasteiger partial charge in [0.2, 0.25) is 11.8 Å². The van der Waals surface area contributed by atoms with Crippen molar-refractivity contribution < 1.29 is 14.3 Å². The molecule has 0 saturated heterocycles. The fourth-order valence-electron chi connectivity index (χ4n) is 2.77. The Balaban J connectivity index is 1.87. The molecule has 3 rings (SSSR count). The number of rotatable bonds is 5. The van der Waals surface area contributed by atoms with Crippen molar-refractivity contribution >= 4 is 28.4 Å². The van der Waals surface area contributed by atoms with E-state index in [9.17, 15) is 14.9 Å². The molecule has 0 saturated carbocycles. The first-order valence-electron chi connectivity index (χ1n) is 7.79. The van der Waals surface area contributed by atoms with Crippen molar-refractivity contribution in [2.24, 2.45) is 5.73 Å². The molecule has 0 atom stereocenters. The Morgan fingerprint density at radius 1 is 1.27 bits per heavy atom. The highest BCUT2D eigenvalue weighted by Crippen LogP contribution is 2.26. The van der Waals surface area contributed by atoms with Crippen molar-refractivity contribution in [2.75, 3.05) is 12.4 Å². The number of nitriles is 1. The predicted molar refractivity (Wildman–Crippen MR) is 96.8 cm³/mol. The lowest BCUT2D eigenvalue weighted by Crippen LogP contribution is -2.19. The molecule has 130 valence electrons. The second-order valence-corrected chi connectivity index (χ2v) is 5.63. The van der Waals surface area contributed by atoms with Crippen LogP contribution in [0.3, 0.4) is 0 Å². The van der Waals surface area contributed by atoms with Crippen molar-refractivity contribution in [1.82, 2.24) is 4.57 Å². The van der Waals surface area contributed by atoms with Gasteiger partial charge in [-0.15, -0.1) is 0 Å². The Hall–Kier alpha value is -3.79. The van der Waals surface area contributed by atoms with Crippen LogP contribution in [0.4, 0.5) is 5.69 Å². The summed E-state index contributed by atoms with van der Waals surface area (Å²) in [4.78, 5) is 23.8. The minimum atomic E-state index is -0.599. The molecule has 26 heavy (non-hydrogen) atoms. The van der Waals surface area contributed by atoms with Crippen molar-refractivity contribution in [2.45, 2.75) is 6.54 Å². The molecule has 0 fully saturated rings. The third-order valence-electron chi connectivity index (χ3n) is 3.98. The normalized spacial score (nSPS) is 10.3. The van der Waals surface area contributed by atoms with E-state index < -0.39 is 5.91 Å². The standard InChI is InChI=1S/C19H16N4O3/c1-26-17-7-6-12(19(21)25)8-15(17)22-18(24)11-23-10-13(9-20)14-4-2-3-5-16(14)23/h2-8,10H,11H2,1H3,(H2,21,25)(H,22,24). The van der Waals surface area contributed by atoms with E-state index in [1.54, 1.807) is 16.8 Å². The van der Waals surface area contributed by atoms with E-state index >= 15 is 0 Å². The van der Waals surface area contributed by atoms with Crippen LogP contribution in [0, 0.1) is 11.3 Å². The Morgan fingerprint density at radius 2 is 2.04 bits per heavy atom. The minimum Gasteiger partial charge on any atom is -0.495 e. The molecule has 0 aliphatic heterocycles. The summed E-state index contributed by atoms with van der Waals surface area (Å²) in [5.41, 5.74) is 7.19. The molecule has 0 aliphatic carbocycles. The zero-order chi connectivity index (χ0) is 18.7. The Bertz CT molecular complexity index is 1050. The third-order valence-corrected chi connectivity index (χ3v) is 3.98. The van der Waals surface area contributed by atoms with Gasteiger partial charge in [-0.3, -0.25) is 9.59 Å². The number of fused-ring (bicyclic) bond motifs is 1. The zero-order valence-corrected chi connectivity index (χ0v) is 14.0. The minimum absolute atomic E-state index is 0.00610. The molecule has 0 aliphatic rings. The molecule has 2 aromatic carbocycles. The number of nitrogens with one attached hydrogen (secondary N) is 1. The lowest BCUT2D eigenvalue weighted by atomic mass is 10.1. The number of hydrogen-bond donors (Lipinski definition) is 2. The number of nitrogens with two attached hydrogens (primary N) is 1. The van der Waals surface area contributed by atoms with Crippen molar-refractivity contribution in [3.05, 3.63) is 59.8 Å². The summed E-state index contributed by atoms with van der Waals surface area (Å²) >= 11 is 0. The summed E-state index contributed by atoms with van der Waals surface area (Å²) in [7, 11) is 1.47. The lowest BCUT2D eigenvalue weighted by Gasteiger charge is -2.12. The quantitative estimate of drug-likeness (QED) is 0.737. The van der Waals surface area contributed by atoms with Crippen molar-refractivity contribution in [3.8, 4) is 11.8 Å². The van der Waals surface area contributed by atoms with E-state index in [1.165, 1.54) is 19.2 Å². The summed E-state index contributed by atoms with van der Waals surface area (Å²) in [6, 6.07) is 14.0. The van der Waals surface area contributed by atoms with Gasteiger partial charge in [0.05, 0.1) is 18.4 Å². The molecule has 3 N–H and O–H groups in total. The molecule has 3 aromatic rings. The fraction of sp³-hybridized carbons (Fsp3) is 0.105. The number of amides is 2. The summed E-state index contributed by atoms with van der Waals surface area (Å²) < 4.78 is 6.91. The average Bonchev–Trinajstić information content (AvgIpc) is 2.99. The van der Waals surface area contributed by atoms with Gasteiger partial charge in [0, 0.05) is 22.7 Å². The number of anilines is 1. The van der Waals surface area contributed by atoms with Crippen LogP contribution >= 0.6 is 0 Å². The van der Waals surface area contributed by atoms with Gasteiger partial charge >= 0.3 is 0 Å². The zero-order valence-electron chi connectivity index (χ0n) is 14.0. The number of nitrogens with zero attached hydrogens (tertiary/aromatic N) is 2. The molecule has 0 spiro atoms. The number of methoxy groups -OCH3 is 1. The number of carbonyl (C=O) groups is 2. The first-order chi connectivity index (χ1) is 12.5. The number of para-hydroxylation sites is 1. The smallest absolute Gasteiger partial charge is 0.248 e. The van der Waals surface area contributed by atoms with Gasteiger partial charge in [0.15, 0.2) is 0 Å². The Morgan fingerprint density at radius 3 is 2.73 bits per heavy atom. The average molecular weight is 348 g/mol. The number of benzene rings is 2. The number of ether oxygens (including phenoxy) is 1. The highest BCUT2D eigenvalue weighted by Gasteiger charge is 2.14. The van der Waals surface area contributed by atoms with E-state index in [1.807, 2.05) is 24.3 Å². The van der Waals surface area contributed by atoms with E-state index in [4.69, 9.17) is 10.5 Å².